The molecular formula is C21H28FN5O3. The first-order chi connectivity index (χ1) is 14.1. The molecule has 2 fully saturated rings. The summed E-state index contributed by atoms with van der Waals surface area (Å²) >= 11 is 0. The van der Waals surface area contributed by atoms with Gasteiger partial charge in [0.1, 0.15) is 17.2 Å². The minimum absolute atomic E-state index is 0.0384. The average Bonchev–Trinajstić information content (AvgIpc) is 3.41. The third-order valence-corrected chi connectivity index (χ3v) is 5.35. The Morgan fingerprint density at radius 2 is 1.87 bits per heavy atom. The van der Waals surface area contributed by atoms with E-state index in [9.17, 15) is 14.0 Å². The van der Waals surface area contributed by atoms with Crippen molar-refractivity contribution in [2.45, 2.75) is 51.7 Å². The Kier molecular flexibility index (Phi) is 5.07. The lowest BCUT2D eigenvalue weighted by atomic mass is 10.2. The van der Waals surface area contributed by atoms with Crippen LogP contribution in [0.5, 0.6) is 0 Å². The molecule has 2 N–H and O–H groups in total. The van der Waals surface area contributed by atoms with Crippen molar-refractivity contribution in [3.05, 3.63) is 23.8 Å². The number of rotatable bonds is 4. The fourth-order valence-corrected chi connectivity index (χ4v) is 3.87. The van der Waals surface area contributed by atoms with Crippen molar-refractivity contribution in [1.82, 2.24) is 14.5 Å². The normalized spacial score (nSPS) is 17.5. The summed E-state index contributed by atoms with van der Waals surface area (Å²) in [5.74, 6) is -0.225. The van der Waals surface area contributed by atoms with Gasteiger partial charge in [-0.25, -0.2) is 14.2 Å². The number of fused-ring (bicyclic) bond motifs is 1. The van der Waals surface area contributed by atoms with Gasteiger partial charge in [0, 0.05) is 38.3 Å². The van der Waals surface area contributed by atoms with E-state index in [4.69, 9.17) is 10.5 Å². The Morgan fingerprint density at radius 1 is 1.20 bits per heavy atom. The molecule has 162 valence electrons. The molecule has 0 radical (unpaired) electrons. The number of halogens is 1. The zero-order chi connectivity index (χ0) is 21.6. The van der Waals surface area contributed by atoms with E-state index in [1.165, 1.54) is 6.07 Å². The van der Waals surface area contributed by atoms with Crippen LogP contribution in [0.15, 0.2) is 12.1 Å². The molecule has 30 heavy (non-hydrogen) atoms. The number of primary amides is 1. The molecule has 0 unspecified atom stereocenters. The van der Waals surface area contributed by atoms with Crippen LogP contribution in [0.1, 0.15) is 45.5 Å². The van der Waals surface area contributed by atoms with Gasteiger partial charge in [0.2, 0.25) is 5.91 Å². The predicted octanol–water partition coefficient (Wildman–Crippen LogP) is 2.60. The Morgan fingerprint density at radius 3 is 2.43 bits per heavy atom. The summed E-state index contributed by atoms with van der Waals surface area (Å²) in [6.07, 6.45) is 1.72. The van der Waals surface area contributed by atoms with Gasteiger partial charge in [0.05, 0.1) is 23.1 Å². The van der Waals surface area contributed by atoms with Crippen LogP contribution in [0.2, 0.25) is 0 Å². The van der Waals surface area contributed by atoms with Crippen LogP contribution < -0.4 is 10.6 Å². The third kappa shape index (κ3) is 4.20. The monoisotopic (exact) mass is 417 g/mol. The second-order valence-electron chi connectivity index (χ2n) is 9.02. The Hall–Kier alpha value is -2.84. The maximum Gasteiger partial charge on any atom is 0.410 e. The number of nitrogens with two attached hydrogens (primary N) is 1. The molecule has 8 nitrogen and oxygen atoms in total. The van der Waals surface area contributed by atoms with Crippen LogP contribution >= 0.6 is 0 Å². The van der Waals surface area contributed by atoms with Gasteiger partial charge in [-0.2, -0.15) is 0 Å². The minimum Gasteiger partial charge on any atom is -0.444 e. The van der Waals surface area contributed by atoms with Crippen molar-refractivity contribution >= 4 is 28.7 Å². The summed E-state index contributed by atoms with van der Waals surface area (Å²) in [4.78, 5) is 31.8. The number of aromatic nitrogens is 2. The molecule has 1 aliphatic carbocycles. The molecule has 2 heterocycles. The molecule has 1 aromatic heterocycles. The fourth-order valence-electron chi connectivity index (χ4n) is 3.87. The van der Waals surface area contributed by atoms with E-state index >= 15 is 0 Å². The lowest BCUT2D eigenvalue weighted by Gasteiger charge is -2.36. The summed E-state index contributed by atoms with van der Waals surface area (Å²) in [6.45, 7) is 7.44. The maximum atomic E-state index is 14.9. The predicted molar refractivity (Wildman–Crippen MR) is 111 cm³/mol. The Labute approximate surface area is 174 Å². The van der Waals surface area contributed by atoms with Crippen LogP contribution in [0.3, 0.4) is 0 Å². The number of piperazine rings is 1. The van der Waals surface area contributed by atoms with E-state index in [1.54, 1.807) is 4.90 Å². The number of ether oxygens (including phenoxy) is 1. The summed E-state index contributed by atoms with van der Waals surface area (Å²) < 4.78 is 22.4. The number of carbonyl (C=O) groups is 2. The van der Waals surface area contributed by atoms with Gasteiger partial charge < -0.3 is 24.8 Å². The summed E-state index contributed by atoms with van der Waals surface area (Å²) in [7, 11) is 0. The molecule has 2 aromatic rings. The van der Waals surface area contributed by atoms with Crippen molar-refractivity contribution in [3.8, 4) is 0 Å². The summed E-state index contributed by atoms with van der Waals surface area (Å²) in [5.41, 5.74) is 6.66. The first-order valence-corrected chi connectivity index (χ1v) is 10.3. The molecule has 0 spiro atoms. The Balaban J connectivity index is 1.56. The van der Waals surface area contributed by atoms with Gasteiger partial charge in [0.15, 0.2) is 0 Å². The van der Waals surface area contributed by atoms with Crippen LogP contribution in [0, 0.1) is 5.82 Å². The standard InChI is InChI=1S/C21H28FN5O3/c1-21(2,3)30-20(29)26-8-6-25(7-9-26)16-11-17-15(10-14(16)22)24-19(12-18(23)28)27(17)13-4-5-13/h10-11,13H,4-9,12H2,1-3H3,(H2,23,28). The molecule has 0 atom stereocenters. The SMILES string of the molecule is CC(C)(C)OC(=O)N1CCN(c2cc3c(cc2F)nc(CC(N)=O)n3C2CC2)CC1. The quantitative estimate of drug-likeness (QED) is 0.825. The van der Waals surface area contributed by atoms with Crippen LogP contribution in [0.4, 0.5) is 14.9 Å². The number of imidazole rings is 1. The highest BCUT2D eigenvalue weighted by molar-refractivity contribution is 5.83. The zero-order valence-corrected chi connectivity index (χ0v) is 17.7. The van der Waals surface area contributed by atoms with Crippen LogP contribution in [0.25, 0.3) is 11.0 Å². The lowest BCUT2D eigenvalue weighted by Crippen LogP contribution is -2.50. The average molecular weight is 417 g/mol. The number of amides is 2. The maximum absolute atomic E-state index is 14.9. The van der Waals surface area contributed by atoms with E-state index in [0.717, 1.165) is 18.4 Å². The summed E-state index contributed by atoms with van der Waals surface area (Å²) in [6, 6.07) is 3.52. The molecular weight excluding hydrogens is 389 g/mol. The van der Waals surface area contributed by atoms with E-state index in [-0.39, 0.29) is 24.4 Å². The van der Waals surface area contributed by atoms with E-state index in [1.807, 2.05) is 36.3 Å². The smallest absolute Gasteiger partial charge is 0.410 e. The molecule has 0 bridgehead atoms. The highest BCUT2D eigenvalue weighted by atomic mass is 19.1. The number of carbonyl (C=O) groups excluding carboxylic acids is 2. The van der Waals surface area contributed by atoms with Crippen molar-refractivity contribution in [1.29, 1.82) is 0 Å². The van der Waals surface area contributed by atoms with Gasteiger partial charge >= 0.3 is 6.09 Å². The van der Waals surface area contributed by atoms with Crippen molar-refractivity contribution in [2.75, 3.05) is 31.1 Å². The highest BCUT2D eigenvalue weighted by Gasteiger charge is 2.31. The number of nitrogens with zero attached hydrogens (tertiary/aromatic N) is 4. The first kappa shape index (κ1) is 20.4. The minimum atomic E-state index is -0.546. The molecule has 1 aliphatic heterocycles. The Bertz CT molecular complexity index is 985. The van der Waals surface area contributed by atoms with Crippen LogP contribution in [-0.2, 0) is 16.0 Å². The van der Waals surface area contributed by atoms with E-state index in [0.29, 0.717) is 43.2 Å². The van der Waals surface area contributed by atoms with Gasteiger partial charge in [-0.1, -0.05) is 0 Å². The number of hydrogen-bond donors (Lipinski definition) is 1. The molecule has 1 aromatic carbocycles. The van der Waals surface area contributed by atoms with Gasteiger partial charge in [-0.05, 0) is 39.7 Å². The van der Waals surface area contributed by atoms with Crippen molar-refractivity contribution in [2.24, 2.45) is 5.73 Å². The molecule has 4 rings (SSSR count). The molecule has 1 saturated carbocycles. The lowest BCUT2D eigenvalue weighted by molar-refractivity contribution is -0.117. The van der Waals surface area contributed by atoms with Gasteiger partial charge in [-0.15, -0.1) is 0 Å². The van der Waals surface area contributed by atoms with Crippen LogP contribution in [-0.4, -0.2) is 58.2 Å². The third-order valence-electron chi connectivity index (χ3n) is 5.35. The zero-order valence-electron chi connectivity index (χ0n) is 17.7. The number of hydrogen-bond acceptors (Lipinski definition) is 5. The molecule has 2 aliphatic rings. The second kappa shape index (κ2) is 7.45. The molecule has 2 amide bonds. The first-order valence-electron chi connectivity index (χ1n) is 10.3. The van der Waals surface area contributed by atoms with E-state index < -0.39 is 11.5 Å². The second-order valence-corrected chi connectivity index (χ2v) is 9.02. The molecule has 9 heteroatoms. The topological polar surface area (TPSA) is 93.7 Å². The van der Waals surface area contributed by atoms with Gasteiger partial charge in [-0.3, -0.25) is 4.79 Å². The largest absolute Gasteiger partial charge is 0.444 e. The molecule has 1 saturated heterocycles. The van der Waals surface area contributed by atoms with Gasteiger partial charge in [0.25, 0.3) is 0 Å². The highest BCUT2D eigenvalue weighted by Crippen LogP contribution is 2.40. The van der Waals surface area contributed by atoms with Crippen molar-refractivity contribution < 1.29 is 18.7 Å². The summed E-state index contributed by atoms with van der Waals surface area (Å²) in [5, 5.41) is 0. The fraction of sp³-hybridized carbons (Fsp3) is 0.571. The van der Waals surface area contributed by atoms with E-state index in [2.05, 4.69) is 4.98 Å². The van der Waals surface area contributed by atoms with Crippen molar-refractivity contribution in [3.63, 3.8) is 0 Å². The number of anilines is 1. The number of benzene rings is 1.